The van der Waals surface area contributed by atoms with Gasteiger partial charge in [0.15, 0.2) is 0 Å². The predicted octanol–water partition coefficient (Wildman–Crippen LogP) is 14.4. The maximum Gasteiger partial charge on any atom is 0.135 e. The van der Waals surface area contributed by atoms with Gasteiger partial charge in [0.05, 0.1) is 5.69 Å². The van der Waals surface area contributed by atoms with Gasteiger partial charge in [0, 0.05) is 27.7 Å². The highest BCUT2D eigenvalue weighted by atomic mass is 16.3. The molecule has 10 rings (SSSR count). The van der Waals surface area contributed by atoms with Crippen LogP contribution in [0.25, 0.3) is 76.9 Å². The van der Waals surface area contributed by atoms with Gasteiger partial charge in [-0.3, -0.25) is 0 Å². The first kappa shape index (κ1) is 30.0. The molecule has 0 atom stereocenters. The molecule has 0 bridgehead atoms. The summed E-state index contributed by atoms with van der Waals surface area (Å²) in [6.07, 6.45) is 0. The van der Waals surface area contributed by atoms with Crippen LogP contribution in [0.5, 0.6) is 0 Å². The number of fused-ring (bicyclic) bond motifs is 5. The number of hydrogen-bond acceptors (Lipinski definition) is 2. The highest BCUT2D eigenvalue weighted by Gasteiger charge is 2.19. The van der Waals surface area contributed by atoms with Gasteiger partial charge in [-0.1, -0.05) is 152 Å². The minimum atomic E-state index is 0.873. The average Bonchev–Trinajstić information content (AvgIpc) is 3.66. The van der Waals surface area contributed by atoms with Gasteiger partial charge in [-0.25, -0.2) is 0 Å². The van der Waals surface area contributed by atoms with Crippen molar-refractivity contribution < 1.29 is 4.42 Å². The van der Waals surface area contributed by atoms with E-state index in [1.807, 2.05) is 18.2 Å². The first-order chi connectivity index (χ1) is 25.8. The van der Waals surface area contributed by atoms with Gasteiger partial charge in [0.25, 0.3) is 0 Å². The molecule has 0 saturated heterocycles. The van der Waals surface area contributed by atoms with Crippen molar-refractivity contribution in [3.63, 3.8) is 0 Å². The van der Waals surface area contributed by atoms with Crippen LogP contribution in [0.15, 0.2) is 205 Å². The maximum absolute atomic E-state index is 6.27. The van der Waals surface area contributed by atoms with E-state index in [2.05, 4.69) is 187 Å². The first-order valence-corrected chi connectivity index (χ1v) is 17.8. The SMILES string of the molecule is c1ccc(-c2ccc(N(c3ccc4c(ccc5ccccc54)c3)c3ccc(-c4cccc(-c5cc6ccccc6o5)c4)c4ccccc34)cc2)cc1. The van der Waals surface area contributed by atoms with E-state index >= 15 is 0 Å². The normalized spacial score (nSPS) is 11.5. The van der Waals surface area contributed by atoms with Crippen molar-refractivity contribution in [3.05, 3.63) is 200 Å². The fraction of sp³-hybridized carbons (Fsp3) is 0. The van der Waals surface area contributed by atoms with Crippen LogP contribution < -0.4 is 4.90 Å². The molecule has 244 valence electrons. The smallest absolute Gasteiger partial charge is 0.135 e. The number of hydrogen-bond donors (Lipinski definition) is 0. The Morgan fingerprint density at radius 1 is 0.327 bits per heavy atom. The zero-order valence-electron chi connectivity index (χ0n) is 28.4. The second kappa shape index (κ2) is 12.5. The zero-order chi connectivity index (χ0) is 34.4. The van der Waals surface area contributed by atoms with Crippen LogP contribution in [0.3, 0.4) is 0 Å². The third kappa shape index (κ3) is 5.21. The lowest BCUT2D eigenvalue weighted by Gasteiger charge is -2.28. The Balaban J connectivity index is 1.13. The largest absolute Gasteiger partial charge is 0.456 e. The van der Waals surface area contributed by atoms with Gasteiger partial charge in [0.1, 0.15) is 11.3 Å². The van der Waals surface area contributed by atoms with Crippen LogP contribution in [0.1, 0.15) is 0 Å². The molecule has 0 radical (unpaired) electrons. The van der Waals surface area contributed by atoms with E-state index in [1.165, 1.54) is 49.0 Å². The standard InChI is InChI=1S/C50H33NO/c1-2-11-34(12-3-1)35-23-25-41(26-24-35)51(42-27-28-44-38(32-42)22-21-36-13-4-6-17-43(36)44)48-30-29-45(46-18-7-8-19-47(46)48)37-15-10-16-39(31-37)50-33-40-14-5-9-20-49(40)52-50/h1-33H. The number of para-hydroxylation sites is 1. The second-order valence-corrected chi connectivity index (χ2v) is 13.3. The summed E-state index contributed by atoms with van der Waals surface area (Å²) in [6.45, 7) is 0. The van der Waals surface area contributed by atoms with Crippen LogP contribution in [-0.4, -0.2) is 0 Å². The third-order valence-electron chi connectivity index (χ3n) is 10.2. The quantitative estimate of drug-likeness (QED) is 0.165. The lowest BCUT2D eigenvalue weighted by molar-refractivity contribution is 0.631. The molecule has 1 aromatic heterocycles. The molecule has 0 aliphatic heterocycles. The Morgan fingerprint density at radius 3 is 1.81 bits per heavy atom. The second-order valence-electron chi connectivity index (χ2n) is 13.3. The molecule has 0 saturated carbocycles. The van der Waals surface area contributed by atoms with Crippen LogP contribution >= 0.6 is 0 Å². The van der Waals surface area contributed by atoms with E-state index < -0.39 is 0 Å². The Kier molecular flexibility index (Phi) is 7.18. The van der Waals surface area contributed by atoms with Gasteiger partial charge in [-0.05, 0) is 97.7 Å². The van der Waals surface area contributed by atoms with Crippen molar-refractivity contribution in [3.8, 4) is 33.6 Å². The molecule has 0 spiro atoms. The number of furan rings is 1. The van der Waals surface area contributed by atoms with Crippen molar-refractivity contribution in [1.29, 1.82) is 0 Å². The zero-order valence-corrected chi connectivity index (χ0v) is 28.4. The first-order valence-electron chi connectivity index (χ1n) is 17.8. The van der Waals surface area contributed by atoms with Crippen LogP contribution in [-0.2, 0) is 0 Å². The summed E-state index contributed by atoms with van der Waals surface area (Å²) in [5.41, 5.74) is 10.0. The Morgan fingerprint density at radius 2 is 0.962 bits per heavy atom. The third-order valence-corrected chi connectivity index (χ3v) is 10.2. The maximum atomic E-state index is 6.27. The van der Waals surface area contributed by atoms with Crippen LogP contribution in [0.2, 0.25) is 0 Å². The Labute approximate surface area is 302 Å². The van der Waals surface area contributed by atoms with Gasteiger partial charge >= 0.3 is 0 Å². The van der Waals surface area contributed by atoms with Gasteiger partial charge in [-0.2, -0.15) is 0 Å². The summed E-state index contributed by atoms with van der Waals surface area (Å²) in [5.74, 6) is 0.873. The monoisotopic (exact) mass is 663 g/mol. The molecule has 10 aromatic rings. The number of anilines is 3. The molecule has 2 heteroatoms. The van der Waals surface area contributed by atoms with Crippen LogP contribution in [0, 0.1) is 0 Å². The Bertz CT molecular complexity index is 2870. The van der Waals surface area contributed by atoms with Crippen LogP contribution in [0.4, 0.5) is 17.1 Å². The van der Waals surface area contributed by atoms with Crippen molar-refractivity contribution >= 4 is 60.3 Å². The molecular weight excluding hydrogens is 631 g/mol. The van der Waals surface area contributed by atoms with E-state index in [0.717, 1.165) is 44.9 Å². The molecule has 0 amide bonds. The minimum Gasteiger partial charge on any atom is -0.456 e. The predicted molar refractivity (Wildman–Crippen MR) is 220 cm³/mol. The highest BCUT2D eigenvalue weighted by Crippen LogP contribution is 2.44. The number of benzene rings is 9. The summed E-state index contributed by atoms with van der Waals surface area (Å²) in [6, 6.07) is 71.8. The average molecular weight is 664 g/mol. The van der Waals surface area contributed by atoms with E-state index in [9.17, 15) is 0 Å². The lowest BCUT2D eigenvalue weighted by Crippen LogP contribution is -2.10. The summed E-state index contributed by atoms with van der Waals surface area (Å²) in [5, 5.41) is 8.47. The molecule has 0 fully saturated rings. The molecular formula is C50H33NO. The van der Waals surface area contributed by atoms with Crippen molar-refractivity contribution in [2.24, 2.45) is 0 Å². The highest BCUT2D eigenvalue weighted by molar-refractivity contribution is 6.10. The number of nitrogens with zero attached hydrogens (tertiary/aromatic N) is 1. The van der Waals surface area contributed by atoms with Gasteiger partial charge in [-0.15, -0.1) is 0 Å². The number of rotatable bonds is 6. The van der Waals surface area contributed by atoms with E-state index in [1.54, 1.807) is 0 Å². The fourth-order valence-corrected chi connectivity index (χ4v) is 7.69. The molecule has 0 N–H and O–H groups in total. The molecule has 9 aromatic carbocycles. The molecule has 2 nitrogen and oxygen atoms in total. The van der Waals surface area contributed by atoms with Gasteiger partial charge < -0.3 is 9.32 Å². The molecule has 0 aliphatic carbocycles. The molecule has 1 heterocycles. The lowest BCUT2D eigenvalue weighted by atomic mass is 9.94. The minimum absolute atomic E-state index is 0.873. The Hall–Kier alpha value is -6.90. The summed E-state index contributed by atoms with van der Waals surface area (Å²) in [7, 11) is 0. The topological polar surface area (TPSA) is 16.4 Å². The summed E-state index contributed by atoms with van der Waals surface area (Å²) in [4.78, 5) is 2.40. The van der Waals surface area contributed by atoms with Crippen molar-refractivity contribution in [2.75, 3.05) is 4.90 Å². The van der Waals surface area contributed by atoms with Crippen molar-refractivity contribution in [1.82, 2.24) is 0 Å². The summed E-state index contributed by atoms with van der Waals surface area (Å²) >= 11 is 0. The molecule has 0 aliphatic rings. The summed E-state index contributed by atoms with van der Waals surface area (Å²) < 4.78 is 6.27. The van der Waals surface area contributed by atoms with Crippen molar-refractivity contribution in [2.45, 2.75) is 0 Å². The van der Waals surface area contributed by atoms with E-state index in [4.69, 9.17) is 4.42 Å². The van der Waals surface area contributed by atoms with E-state index in [0.29, 0.717) is 0 Å². The molecule has 0 unspecified atom stereocenters. The van der Waals surface area contributed by atoms with Gasteiger partial charge in [0.2, 0.25) is 0 Å². The van der Waals surface area contributed by atoms with E-state index in [-0.39, 0.29) is 0 Å². The fourth-order valence-electron chi connectivity index (χ4n) is 7.69. The molecule has 52 heavy (non-hydrogen) atoms.